The summed E-state index contributed by atoms with van der Waals surface area (Å²) < 4.78 is 1.78. The molecule has 5 heteroatoms. The van der Waals surface area contributed by atoms with Crippen molar-refractivity contribution in [3.8, 4) is 0 Å². The third-order valence-corrected chi connectivity index (χ3v) is 3.19. The maximum atomic E-state index is 12.0. The summed E-state index contributed by atoms with van der Waals surface area (Å²) in [6, 6.07) is 0.394. The molecule has 0 amide bonds. The molecule has 1 heterocycles. The summed E-state index contributed by atoms with van der Waals surface area (Å²) in [5.74, 6) is 0.464. The fourth-order valence-electron chi connectivity index (χ4n) is 1.98. The first-order chi connectivity index (χ1) is 8.83. The van der Waals surface area contributed by atoms with Gasteiger partial charge in [0.15, 0.2) is 5.82 Å². The predicted octanol–water partition coefficient (Wildman–Crippen LogP) is 1.54. The van der Waals surface area contributed by atoms with Gasteiger partial charge in [-0.15, -0.1) is 0 Å². The van der Waals surface area contributed by atoms with Gasteiger partial charge in [-0.2, -0.15) is 0 Å². The van der Waals surface area contributed by atoms with Crippen molar-refractivity contribution in [2.45, 2.75) is 44.6 Å². The number of unbranched alkanes of at least 4 members (excludes halogenated alkanes) is 3. The molecule has 5 nitrogen and oxygen atoms in total. The number of rotatable bonds is 8. The average molecular weight is 251 g/mol. The second-order valence-electron chi connectivity index (χ2n) is 4.78. The maximum Gasteiger partial charge on any atom is 0.293 e. The highest BCUT2D eigenvalue weighted by molar-refractivity contribution is 5.30. The zero-order chi connectivity index (χ0) is 12.8. The zero-order valence-corrected chi connectivity index (χ0v) is 10.6. The molecule has 0 aliphatic heterocycles. The molecule has 0 aromatic carbocycles. The second-order valence-corrected chi connectivity index (χ2v) is 4.78. The monoisotopic (exact) mass is 251 g/mol. The minimum atomic E-state index is -0.00430. The lowest BCUT2D eigenvalue weighted by Gasteiger charge is -2.07. The van der Waals surface area contributed by atoms with Crippen LogP contribution in [-0.4, -0.2) is 27.8 Å². The third-order valence-electron chi connectivity index (χ3n) is 3.19. The Balaban J connectivity index is 1.79. The highest BCUT2D eigenvalue weighted by Gasteiger charge is 2.25. The van der Waals surface area contributed by atoms with E-state index in [2.05, 4.69) is 10.3 Å². The van der Waals surface area contributed by atoms with Crippen molar-refractivity contribution in [2.24, 2.45) is 0 Å². The number of nitrogens with zero attached hydrogens (tertiary/aromatic N) is 2. The van der Waals surface area contributed by atoms with Crippen molar-refractivity contribution in [2.75, 3.05) is 18.5 Å². The zero-order valence-electron chi connectivity index (χ0n) is 10.6. The van der Waals surface area contributed by atoms with Crippen LogP contribution in [-0.2, 0) is 0 Å². The Morgan fingerprint density at radius 3 is 2.83 bits per heavy atom. The Labute approximate surface area is 107 Å². The SMILES string of the molecule is O=c1c(NCCCCCCO)nccn1C1CC1. The largest absolute Gasteiger partial charge is 0.396 e. The highest BCUT2D eigenvalue weighted by Crippen LogP contribution is 2.33. The molecule has 1 aromatic heterocycles. The molecule has 1 saturated carbocycles. The number of hydrogen-bond donors (Lipinski definition) is 2. The first kappa shape index (κ1) is 13.1. The lowest BCUT2D eigenvalue weighted by Crippen LogP contribution is -2.24. The van der Waals surface area contributed by atoms with Crippen LogP contribution in [0.5, 0.6) is 0 Å². The van der Waals surface area contributed by atoms with E-state index in [4.69, 9.17) is 5.11 Å². The predicted molar refractivity (Wildman–Crippen MR) is 70.8 cm³/mol. The van der Waals surface area contributed by atoms with E-state index in [-0.39, 0.29) is 12.2 Å². The van der Waals surface area contributed by atoms with Gasteiger partial charge in [0.1, 0.15) is 0 Å². The molecule has 1 aromatic rings. The molecule has 100 valence electrons. The minimum absolute atomic E-state index is 0.00430. The Bertz CT molecular complexity index is 426. The van der Waals surface area contributed by atoms with E-state index >= 15 is 0 Å². The van der Waals surface area contributed by atoms with Crippen molar-refractivity contribution in [3.63, 3.8) is 0 Å². The lowest BCUT2D eigenvalue weighted by molar-refractivity contribution is 0.283. The Morgan fingerprint density at radius 1 is 1.33 bits per heavy atom. The molecule has 0 atom stereocenters. The van der Waals surface area contributed by atoms with E-state index in [0.29, 0.717) is 11.9 Å². The van der Waals surface area contributed by atoms with Gasteiger partial charge < -0.3 is 15.0 Å². The fraction of sp³-hybridized carbons (Fsp3) is 0.692. The standard InChI is InChI=1S/C13H21N3O2/c17-10-4-2-1-3-7-14-12-13(18)16(9-8-15-12)11-5-6-11/h8-9,11,17H,1-7,10H2,(H,14,15). The van der Waals surface area contributed by atoms with Gasteiger partial charge in [0, 0.05) is 31.6 Å². The van der Waals surface area contributed by atoms with Crippen LogP contribution in [0.25, 0.3) is 0 Å². The smallest absolute Gasteiger partial charge is 0.293 e. The van der Waals surface area contributed by atoms with E-state index in [1.165, 1.54) is 0 Å². The molecule has 18 heavy (non-hydrogen) atoms. The van der Waals surface area contributed by atoms with Crippen LogP contribution in [0.4, 0.5) is 5.82 Å². The molecule has 0 bridgehead atoms. The van der Waals surface area contributed by atoms with E-state index in [1.807, 2.05) is 0 Å². The number of hydrogen-bond acceptors (Lipinski definition) is 4. The van der Waals surface area contributed by atoms with E-state index in [9.17, 15) is 4.79 Å². The number of aliphatic hydroxyl groups excluding tert-OH is 1. The number of anilines is 1. The topological polar surface area (TPSA) is 67.2 Å². The van der Waals surface area contributed by atoms with Crippen molar-refractivity contribution < 1.29 is 5.11 Å². The molecule has 2 N–H and O–H groups in total. The quantitative estimate of drug-likeness (QED) is 0.688. The Hall–Kier alpha value is -1.36. The number of nitrogens with one attached hydrogen (secondary N) is 1. The normalized spacial score (nSPS) is 14.7. The molecule has 1 fully saturated rings. The molecular formula is C13H21N3O2. The molecule has 0 saturated heterocycles. The van der Waals surface area contributed by atoms with Gasteiger partial charge in [-0.05, 0) is 25.7 Å². The first-order valence-electron chi connectivity index (χ1n) is 6.75. The third kappa shape index (κ3) is 3.57. The van der Waals surface area contributed by atoms with Crippen molar-refractivity contribution in [1.82, 2.24) is 9.55 Å². The molecule has 1 aliphatic rings. The van der Waals surface area contributed by atoms with Crippen LogP contribution >= 0.6 is 0 Å². The summed E-state index contributed by atoms with van der Waals surface area (Å²) in [5, 5.41) is 11.8. The van der Waals surface area contributed by atoms with Crippen LogP contribution in [0.15, 0.2) is 17.2 Å². The Morgan fingerprint density at radius 2 is 2.11 bits per heavy atom. The van der Waals surface area contributed by atoms with Crippen LogP contribution in [0, 0.1) is 0 Å². The molecule has 1 aliphatic carbocycles. The first-order valence-corrected chi connectivity index (χ1v) is 6.75. The molecule has 2 rings (SSSR count). The van der Waals surface area contributed by atoms with Crippen molar-refractivity contribution >= 4 is 5.82 Å². The van der Waals surface area contributed by atoms with E-state index in [0.717, 1.165) is 45.1 Å². The van der Waals surface area contributed by atoms with Gasteiger partial charge in [-0.3, -0.25) is 4.79 Å². The number of aromatic nitrogens is 2. The summed E-state index contributed by atoms with van der Waals surface area (Å²) in [4.78, 5) is 16.1. The molecule has 0 unspecified atom stereocenters. The van der Waals surface area contributed by atoms with Gasteiger partial charge >= 0.3 is 0 Å². The van der Waals surface area contributed by atoms with Crippen LogP contribution in [0.1, 0.15) is 44.6 Å². The van der Waals surface area contributed by atoms with Crippen LogP contribution < -0.4 is 10.9 Å². The van der Waals surface area contributed by atoms with Crippen molar-refractivity contribution in [1.29, 1.82) is 0 Å². The Kier molecular flexibility index (Phi) is 4.75. The van der Waals surface area contributed by atoms with Gasteiger partial charge in [-0.25, -0.2) is 4.98 Å². The van der Waals surface area contributed by atoms with Gasteiger partial charge in [-0.1, -0.05) is 12.8 Å². The van der Waals surface area contributed by atoms with Gasteiger partial charge in [0.05, 0.1) is 0 Å². The molecule has 0 spiro atoms. The van der Waals surface area contributed by atoms with Crippen LogP contribution in [0.3, 0.4) is 0 Å². The van der Waals surface area contributed by atoms with E-state index < -0.39 is 0 Å². The maximum absolute atomic E-state index is 12.0. The summed E-state index contributed by atoms with van der Waals surface area (Å²) in [6.45, 7) is 1.03. The van der Waals surface area contributed by atoms with Gasteiger partial charge in [0.2, 0.25) is 0 Å². The molecular weight excluding hydrogens is 230 g/mol. The van der Waals surface area contributed by atoms with Gasteiger partial charge in [0.25, 0.3) is 5.56 Å². The fourth-order valence-corrected chi connectivity index (χ4v) is 1.98. The summed E-state index contributed by atoms with van der Waals surface area (Å²) >= 11 is 0. The summed E-state index contributed by atoms with van der Waals surface area (Å²) in [5.41, 5.74) is -0.00430. The lowest BCUT2D eigenvalue weighted by atomic mass is 10.2. The van der Waals surface area contributed by atoms with Crippen molar-refractivity contribution in [3.05, 3.63) is 22.7 Å². The van der Waals surface area contributed by atoms with E-state index in [1.54, 1.807) is 17.0 Å². The van der Waals surface area contributed by atoms with Crippen LogP contribution in [0.2, 0.25) is 0 Å². The minimum Gasteiger partial charge on any atom is -0.396 e. The average Bonchev–Trinajstić information content (AvgIpc) is 3.20. The summed E-state index contributed by atoms with van der Waals surface area (Å²) in [6.07, 6.45) is 9.62. The second kappa shape index (κ2) is 6.54. The highest BCUT2D eigenvalue weighted by atomic mass is 16.2. The molecule has 0 radical (unpaired) electrons. The summed E-state index contributed by atoms with van der Waals surface area (Å²) in [7, 11) is 0. The number of aliphatic hydroxyl groups is 1.